The SMILES string of the molecule is Cc1cn(-c2c[nH]n(-c3cc(N4CCN(C5CCC5)CC4)ncn3)c2=O)cn1. The first-order valence-corrected chi connectivity index (χ1v) is 9.82. The summed E-state index contributed by atoms with van der Waals surface area (Å²) in [5.74, 6) is 1.40. The lowest BCUT2D eigenvalue weighted by atomic mass is 9.91. The van der Waals surface area contributed by atoms with E-state index in [9.17, 15) is 4.79 Å². The summed E-state index contributed by atoms with van der Waals surface area (Å²) in [5, 5.41) is 3.00. The number of aromatic nitrogens is 6. The molecule has 9 nitrogen and oxygen atoms in total. The fraction of sp³-hybridized carbons (Fsp3) is 0.474. The van der Waals surface area contributed by atoms with Crippen LogP contribution < -0.4 is 10.5 Å². The van der Waals surface area contributed by atoms with Crippen LogP contribution in [0, 0.1) is 6.92 Å². The maximum atomic E-state index is 12.8. The average molecular weight is 380 g/mol. The minimum absolute atomic E-state index is 0.170. The number of nitrogens with zero attached hydrogens (tertiary/aromatic N) is 7. The van der Waals surface area contributed by atoms with Crippen molar-refractivity contribution in [1.82, 2.24) is 34.2 Å². The number of aromatic amines is 1. The van der Waals surface area contributed by atoms with Crippen molar-refractivity contribution in [2.75, 3.05) is 31.1 Å². The highest BCUT2D eigenvalue weighted by Gasteiger charge is 2.28. The van der Waals surface area contributed by atoms with Gasteiger partial charge in [0.25, 0.3) is 5.56 Å². The summed E-state index contributed by atoms with van der Waals surface area (Å²) >= 11 is 0. The summed E-state index contributed by atoms with van der Waals surface area (Å²) in [4.78, 5) is 30.6. The molecule has 0 atom stereocenters. The van der Waals surface area contributed by atoms with Crippen molar-refractivity contribution in [3.63, 3.8) is 0 Å². The van der Waals surface area contributed by atoms with Gasteiger partial charge in [0.05, 0.1) is 12.0 Å². The van der Waals surface area contributed by atoms with Crippen LogP contribution in [0.15, 0.2) is 35.9 Å². The molecular weight excluding hydrogens is 356 g/mol. The smallest absolute Gasteiger partial charge is 0.296 e. The number of hydrogen-bond acceptors (Lipinski definition) is 6. The van der Waals surface area contributed by atoms with Gasteiger partial charge in [-0.25, -0.2) is 15.0 Å². The minimum atomic E-state index is -0.170. The first kappa shape index (κ1) is 17.2. The quantitative estimate of drug-likeness (QED) is 0.730. The third kappa shape index (κ3) is 3.01. The molecule has 0 bridgehead atoms. The Balaban J connectivity index is 1.36. The highest BCUT2D eigenvalue weighted by molar-refractivity contribution is 5.44. The van der Waals surface area contributed by atoms with Gasteiger partial charge in [0.1, 0.15) is 17.8 Å². The van der Waals surface area contributed by atoms with Crippen molar-refractivity contribution in [2.45, 2.75) is 32.2 Å². The zero-order chi connectivity index (χ0) is 19.1. The molecule has 1 saturated heterocycles. The van der Waals surface area contributed by atoms with Gasteiger partial charge >= 0.3 is 0 Å². The molecule has 0 spiro atoms. The van der Waals surface area contributed by atoms with Crippen LogP contribution in [0.3, 0.4) is 0 Å². The van der Waals surface area contributed by atoms with E-state index in [2.05, 4.69) is 29.9 Å². The van der Waals surface area contributed by atoms with E-state index in [0.29, 0.717) is 11.5 Å². The molecule has 1 aliphatic carbocycles. The van der Waals surface area contributed by atoms with E-state index in [1.54, 1.807) is 17.1 Å². The number of nitrogens with one attached hydrogen (secondary N) is 1. The highest BCUT2D eigenvalue weighted by atomic mass is 16.1. The summed E-state index contributed by atoms with van der Waals surface area (Å²) in [5.41, 5.74) is 1.20. The van der Waals surface area contributed by atoms with E-state index < -0.39 is 0 Å². The third-order valence-electron chi connectivity index (χ3n) is 5.84. The monoisotopic (exact) mass is 380 g/mol. The second-order valence-electron chi connectivity index (χ2n) is 7.56. The predicted octanol–water partition coefficient (Wildman–Crippen LogP) is 1.12. The largest absolute Gasteiger partial charge is 0.354 e. The number of hydrogen-bond donors (Lipinski definition) is 1. The van der Waals surface area contributed by atoms with Crippen LogP contribution in [0.4, 0.5) is 5.82 Å². The zero-order valence-corrected chi connectivity index (χ0v) is 16.0. The minimum Gasteiger partial charge on any atom is -0.354 e. The van der Waals surface area contributed by atoms with Crippen molar-refractivity contribution in [1.29, 1.82) is 0 Å². The molecule has 0 aromatic carbocycles. The molecule has 0 radical (unpaired) electrons. The lowest BCUT2D eigenvalue weighted by Crippen LogP contribution is -2.52. The van der Waals surface area contributed by atoms with Crippen molar-refractivity contribution in [2.24, 2.45) is 0 Å². The standard InChI is InChI=1S/C19H24N8O/c1-14-11-26(13-22-14)16-10-23-27(19(16)28)18-9-17(20-12-21-18)25-7-5-24(6-8-25)15-3-2-4-15/h9-13,15,23H,2-8H2,1H3. The molecule has 2 aliphatic rings. The maximum absolute atomic E-state index is 12.8. The molecule has 1 aliphatic heterocycles. The van der Waals surface area contributed by atoms with Crippen LogP contribution in [0.1, 0.15) is 25.0 Å². The Hall–Kier alpha value is -2.94. The van der Waals surface area contributed by atoms with E-state index in [1.165, 1.54) is 30.3 Å². The van der Waals surface area contributed by atoms with Crippen molar-refractivity contribution in [3.8, 4) is 11.5 Å². The number of rotatable bonds is 4. The van der Waals surface area contributed by atoms with Crippen molar-refractivity contribution in [3.05, 3.63) is 47.2 Å². The summed E-state index contributed by atoms with van der Waals surface area (Å²) < 4.78 is 3.16. The molecule has 1 saturated carbocycles. The van der Waals surface area contributed by atoms with Gasteiger partial charge in [-0.2, -0.15) is 4.68 Å². The molecule has 1 N–H and O–H groups in total. The van der Waals surface area contributed by atoms with Gasteiger partial charge in [0.2, 0.25) is 0 Å². The van der Waals surface area contributed by atoms with Crippen LogP contribution in [0.2, 0.25) is 0 Å². The summed E-state index contributed by atoms with van der Waals surface area (Å²) in [6.45, 7) is 5.93. The topological polar surface area (TPSA) is 87.9 Å². The van der Waals surface area contributed by atoms with Crippen LogP contribution in [0.5, 0.6) is 0 Å². The third-order valence-corrected chi connectivity index (χ3v) is 5.84. The molecule has 0 unspecified atom stereocenters. The zero-order valence-electron chi connectivity index (χ0n) is 16.0. The van der Waals surface area contributed by atoms with Gasteiger partial charge in [-0.05, 0) is 19.8 Å². The Labute approximate surface area is 162 Å². The Morgan fingerprint density at radius 2 is 1.86 bits per heavy atom. The Morgan fingerprint density at radius 1 is 1.07 bits per heavy atom. The van der Waals surface area contributed by atoms with E-state index in [1.807, 2.05) is 19.2 Å². The molecule has 3 aromatic rings. The maximum Gasteiger partial charge on any atom is 0.296 e. The van der Waals surface area contributed by atoms with Crippen molar-refractivity contribution >= 4 is 5.82 Å². The van der Waals surface area contributed by atoms with Crippen LogP contribution in [-0.4, -0.2) is 66.4 Å². The van der Waals surface area contributed by atoms with Crippen LogP contribution in [0.25, 0.3) is 11.5 Å². The molecular formula is C19H24N8O. The first-order chi connectivity index (χ1) is 13.7. The van der Waals surface area contributed by atoms with E-state index >= 15 is 0 Å². The second kappa shape index (κ2) is 6.90. The van der Waals surface area contributed by atoms with Gasteiger partial charge in [-0.15, -0.1) is 0 Å². The van der Waals surface area contributed by atoms with Gasteiger partial charge < -0.3 is 4.90 Å². The fourth-order valence-corrected chi connectivity index (χ4v) is 3.97. The molecule has 3 aromatic heterocycles. The molecule has 28 heavy (non-hydrogen) atoms. The Bertz CT molecular complexity index is 1020. The van der Waals surface area contributed by atoms with Gasteiger partial charge in [0, 0.05) is 50.7 Å². The number of piperazine rings is 1. The van der Waals surface area contributed by atoms with Crippen LogP contribution >= 0.6 is 0 Å². The number of H-pyrrole nitrogens is 1. The summed E-state index contributed by atoms with van der Waals surface area (Å²) in [6, 6.07) is 2.66. The van der Waals surface area contributed by atoms with Gasteiger partial charge in [0.15, 0.2) is 5.82 Å². The number of aryl methyl sites for hydroxylation is 1. The van der Waals surface area contributed by atoms with Crippen LogP contribution in [-0.2, 0) is 0 Å². The van der Waals surface area contributed by atoms with E-state index in [4.69, 9.17) is 0 Å². The summed E-state index contributed by atoms with van der Waals surface area (Å²) in [6.07, 6.45) is 10.7. The Kier molecular flexibility index (Phi) is 4.23. The fourth-order valence-electron chi connectivity index (χ4n) is 3.97. The lowest BCUT2D eigenvalue weighted by molar-refractivity contribution is 0.120. The predicted molar refractivity (Wildman–Crippen MR) is 105 cm³/mol. The number of imidazole rings is 1. The highest BCUT2D eigenvalue weighted by Crippen LogP contribution is 2.26. The molecule has 9 heteroatoms. The number of anilines is 1. The Morgan fingerprint density at radius 3 is 2.54 bits per heavy atom. The molecule has 5 rings (SSSR count). The van der Waals surface area contributed by atoms with Crippen molar-refractivity contribution < 1.29 is 0 Å². The average Bonchev–Trinajstić information content (AvgIpc) is 3.26. The second-order valence-corrected chi connectivity index (χ2v) is 7.56. The van der Waals surface area contributed by atoms with Gasteiger partial charge in [-0.1, -0.05) is 6.42 Å². The van der Waals surface area contributed by atoms with E-state index in [-0.39, 0.29) is 5.56 Å². The molecule has 0 amide bonds. The first-order valence-electron chi connectivity index (χ1n) is 9.82. The normalized spacial score (nSPS) is 18.4. The molecule has 146 valence electrons. The molecule has 4 heterocycles. The molecule has 2 fully saturated rings. The lowest BCUT2D eigenvalue weighted by Gasteiger charge is -2.43. The summed E-state index contributed by atoms with van der Waals surface area (Å²) in [7, 11) is 0. The van der Waals surface area contributed by atoms with E-state index in [0.717, 1.165) is 43.7 Å². The van der Waals surface area contributed by atoms with Gasteiger partial charge in [-0.3, -0.25) is 19.4 Å².